The van der Waals surface area contributed by atoms with Crippen molar-refractivity contribution in [3.05, 3.63) is 0 Å². The molecule has 0 aromatic rings. The fraction of sp³-hybridized carbons (Fsp3) is 0.857. The average Bonchev–Trinajstić information content (AvgIpc) is 3.19. The molecule has 7 nitrogen and oxygen atoms in total. The third kappa shape index (κ3) is 3.47. The van der Waals surface area contributed by atoms with Gasteiger partial charge in [-0.1, -0.05) is 0 Å². The number of rotatable bonds is 4. The van der Waals surface area contributed by atoms with Crippen LogP contribution in [-0.2, 0) is 14.3 Å². The van der Waals surface area contributed by atoms with Gasteiger partial charge in [0, 0.05) is 13.2 Å². The first-order valence-electron chi connectivity index (χ1n) is 7.63. The van der Waals surface area contributed by atoms with Crippen molar-refractivity contribution in [1.82, 2.24) is 10.2 Å². The van der Waals surface area contributed by atoms with Gasteiger partial charge in [0.2, 0.25) is 0 Å². The molecule has 2 aliphatic heterocycles. The minimum Gasteiger partial charge on any atom is -0.481 e. The van der Waals surface area contributed by atoms with Gasteiger partial charge < -0.3 is 24.8 Å². The van der Waals surface area contributed by atoms with Crippen molar-refractivity contribution >= 4 is 12.0 Å². The monoisotopic (exact) mass is 298 g/mol. The summed E-state index contributed by atoms with van der Waals surface area (Å²) in [7, 11) is 0. The Morgan fingerprint density at radius 3 is 2.76 bits per heavy atom. The molecule has 0 radical (unpaired) electrons. The lowest BCUT2D eigenvalue weighted by atomic mass is 10.1. The van der Waals surface area contributed by atoms with Gasteiger partial charge in [0.05, 0.1) is 37.8 Å². The molecule has 118 valence electrons. The normalized spacial score (nSPS) is 33.0. The van der Waals surface area contributed by atoms with E-state index in [1.165, 1.54) is 12.8 Å². The summed E-state index contributed by atoms with van der Waals surface area (Å²) >= 11 is 0. The van der Waals surface area contributed by atoms with E-state index in [0.717, 1.165) is 6.42 Å². The summed E-state index contributed by atoms with van der Waals surface area (Å²) in [6, 6.07) is -0.526. The van der Waals surface area contributed by atoms with Crippen molar-refractivity contribution in [2.75, 3.05) is 26.4 Å². The van der Waals surface area contributed by atoms with E-state index in [0.29, 0.717) is 25.7 Å². The summed E-state index contributed by atoms with van der Waals surface area (Å²) < 4.78 is 11.0. The number of hydrogen-bond acceptors (Lipinski definition) is 4. The smallest absolute Gasteiger partial charge is 0.318 e. The van der Waals surface area contributed by atoms with Crippen molar-refractivity contribution < 1.29 is 24.2 Å². The Hall–Kier alpha value is -1.34. The molecule has 3 aliphatic rings. The minimum atomic E-state index is -0.914. The maximum Gasteiger partial charge on any atom is 0.318 e. The van der Waals surface area contributed by atoms with Crippen molar-refractivity contribution in [3.63, 3.8) is 0 Å². The highest BCUT2D eigenvalue weighted by Crippen LogP contribution is 2.38. The van der Waals surface area contributed by atoms with E-state index in [2.05, 4.69) is 5.32 Å². The number of nitrogens with one attached hydrogen (secondary N) is 1. The highest BCUT2D eigenvalue weighted by atomic mass is 16.5. The molecular weight excluding hydrogens is 276 g/mol. The fourth-order valence-electron chi connectivity index (χ4n) is 3.19. The summed E-state index contributed by atoms with van der Waals surface area (Å²) in [6.45, 7) is 1.86. The summed E-state index contributed by atoms with van der Waals surface area (Å²) in [4.78, 5) is 24.9. The first kappa shape index (κ1) is 14.6. The van der Waals surface area contributed by atoms with Crippen molar-refractivity contribution in [3.8, 4) is 0 Å². The summed E-state index contributed by atoms with van der Waals surface area (Å²) in [5.74, 6) is -0.333. The molecule has 2 N–H and O–H groups in total. The van der Waals surface area contributed by atoms with Crippen LogP contribution in [0.5, 0.6) is 0 Å². The Morgan fingerprint density at radius 2 is 2.05 bits per heavy atom. The van der Waals surface area contributed by atoms with Crippen LogP contribution < -0.4 is 5.32 Å². The lowest BCUT2D eigenvalue weighted by Gasteiger charge is -2.36. The number of hydrogen-bond donors (Lipinski definition) is 2. The quantitative estimate of drug-likeness (QED) is 0.786. The van der Waals surface area contributed by atoms with E-state index in [4.69, 9.17) is 14.6 Å². The molecule has 3 rings (SSSR count). The van der Waals surface area contributed by atoms with Gasteiger partial charge in [-0.25, -0.2) is 4.79 Å². The molecule has 21 heavy (non-hydrogen) atoms. The van der Waals surface area contributed by atoms with Crippen LogP contribution in [0.1, 0.15) is 25.7 Å². The Morgan fingerprint density at radius 1 is 1.24 bits per heavy atom. The Balaban J connectivity index is 1.58. The Kier molecular flexibility index (Phi) is 4.30. The predicted octanol–water partition coefficient (Wildman–Crippen LogP) is 0.439. The molecular formula is C14H22N2O5. The highest BCUT2D eigenvalue weighted by molar-refractivity contribution is 5.76. The van der Waals surface area contributed by atoms with Crippen molar-refractivity contribution in [2.45, 2.75) is 43.9 Å². The van der Waals surface area contributed by atoms with Crippen LogP contribution in [0.2, 0.25) is 0 Å². The third-order valence-corrected chi connectivity index (χ3v) is 4.43. The average molecular weight is 298 g/mol. The molecule has 1 saturated carbocycles. The molecule has 2 heterocycles. The Bertz CT molecular complexity index is 412. The molecule has 0 aromatic carbocycles. The van der Waals surface area contributed by atoms with E-state index in [-0.39, 0.29) is 31.2 Å². The van der Waals surface area contributed by atoms with E-state index in [1.54, 1.807) is 4.90 Å². The number of carbonyl (C=O) groups is 2. The SMILES string of the molecule is O=C(O)CC1COCCN1C(=O)NC1CCOC1C1CC1. The van der Waals surface area contributed by atoms with Gasteiger partial charge in [-0.05, 0) is 25.2 Å². The Labute approximate surface area is 123 Å². The second-order valence-corrected chi connectivity index (χ2v) is 6.04. The van der Waals surface area contributed by atoms with Crippen LogP contribution in [-0.4, -0.2) is 66.6 Å². The van der Waals surface area contributed by atoms with Crippen LogP contribution >= 0.6 is 0 Å². The highest BCUT2D eigenvalue weighted by Gasteiger charge is 2.42. The molecule has 1 aliphatic carbocycles. The van der Waals surface area contributed by atoms with Crippen LogP contribution in [0.4, 0.5) is 4.79 Å². The second kappa shape index (κ2) is 6.19. The van der Waals surface area contributed by atoms with Crippen LogP contribution in [0.3, 0.4) is 0 Å². The van der Waals surface area contributed by atoms with Crippen LogP contribution in [0.15, 0.2) is 0 Å². The zero-order valence-electron chi connectivity index (χ0n) is 12.0. The number of morpholine rings is 1. The number of urea groups is 1. The molecule has 3 fully saturated rings. The number of aliphatic carboxylic acids is 1. The van der Waals surface area contributed by atoms with Crippen LogP contribution in [0.25, 0.3) is 0 Å². The number of carboxylic acids is 1. The van der Waals surface area contributed by atoms with Crippen molar-refractivity contribution in [2.24, 2.45) is 5.92 Å². The summed E-state index contributed by atoms with van der Waals surface area (Å²) in [5, 5.41) is 12.0. The molecule has 3 atom stereocenters. The zero-order valence-corrected chi connectivity index (χ0v) is 12.0. The van der Waals surface area contributed by atoms with E-state index in [1.807, 2.05) is 0 Å². The number of nitrogens with zero attached hydrogens (tertiary/aromatic N) is 1. The van der Waals surface area contributed by atoms with Crippen molar-refractivity contribution in [1.29, 1.82) is 0 Å². The first-order chi connectivity index (χ1) is 10.1. The second-order valence-electron chi connectivity index (χ2n) is 6.04. The molecule has 7 heteroatoms. The lowest BCUT2D eigenvalue weighted by Crippen LogP contribution is -2.56. The van der Waals surface area contributed by atoms with Gasteiger partial charge in [0.15, 0.2) is 0 Å². The number of amides is 2. The molecule has 3 unspecified atom stereocenters. The third-order valence-electron chi connectivity index (χ3n) is 4.43. The van der Waals surface area contributed by atoms with Gasteiger partial charge in [-0.2, -0.15) is 0 Å². The number of carboxylic acid groups (broad SMARTS) is 1. The zero-order chi connectivity index (χ0) is 14.8. The largest absolute Gasteiger partial charge is 0.481 e. The summed E-state index contributed by atoms with van der Waals surface area (Å²) in [5.41, 5.74) is 0. The van der Waals surface area contributed by atoms with Gasteiger partial charge in [0.1, 0.15) is 0 Å². The molecule has 0 aromatic heterocycles. The number of carbonyl (C=O) groups excluding carboxylic acids is 1. The standard InChI is InChI=1S/C14H22N2O5/c17-12(18)7-10-8-20-6-4-16(10)14(19)15-11-3-5-21-13(11)9-1-2-9/h9-11,13H,1-8H2,(H,15,19)(H,17,18). The summed E-state index contributed by atoms with van der Waals surface area (Å²) in [6.07, 6.45) is 3.24. The topological polar surface area (TPSA) is 88.1 Å². The maximum absolute atomic E-state index is 12.4. The van der Waals surface area contributed by atoms with Gasteiger partial charge in [0.25, 0.3) is 0 Å². The van der Waals surface area contributed by atoms with E-state index in [9.17, 15) is 9.59 Å². The van der Waals surface area contributed by atoms with Crippen LogP contribution in [0, 0.1) is 5.92 Å². The first-order valence-corrected chi connectivity index (χ1v) is 7.63. The van der Waals surface area contributed by atoms with Gasteiger partial charge in [-0.15, -0.1) is 0 Å². The van der Waals surface area contributed by atoms with E-state index >= 15 is 0 Å². The van der Waals surface area contributed by atoms with Gasteiger partial charge in [-0.3, -0.25) is 4.79 Å². The molecule has 2 amide bonds. The number of ether oxygens (including phenoxy) is 2. The molecule has 0 bridgehead atoms. The van der Waals surface area contributed by atoms with E-state index < -0.39 is 12.0 Å². The predicted molar refractivity (Wildman–Crippen MR) is 73.0 cm³/mol. The maximum atomic E-state index is 12.4. The fourth-order valence-corrected chi connectivity index (χ4v) is 3.19. The molecule has 0 spiro atoms. The van der Waals surface area contributed by atoms with Gasteiger partial charge >= 0.3 is 12.0 Å². The minimum absolute atomic E-state index is 0.0540. The molecule has 2 saturated heterocycles. The lowest BCUT2D eigenvalue weighted by molar-refractivity contribution is -0.139.